The Bertz CT molecular complexity index is 527. The van der Waals surface area contributed by atoms with E-state index in [0.717, 1.165) is 11.5 Å². The molecule has 0 aliphatic carbocycles. The van der Waals surface area contributed by atoms with Crippen molar-refractivity contribution in [2.45, 2.75) is 52.4 Å². The lowest BCUT2D eigenvalue weighted by Crippen LogP contribution is -2.14. The molecule has 0 N–H and O–H groups in total. The van der Waals surface area contributed by atoms with Crippen molar-refractivity contribution in [1.82, 2.24) is 14.6 Å². The first kappa shape index (κ1) is 12.1. The van der Waals surface area contributed by atoms with Gasteiger partial charge in [0.2, 0.25) is 0 Å². The molecule has 2 aromatic rings. The van der Waals surface area contributed by atoms with E-state index in [4.69, 9.17) is 0 Å². The third kappa shape index (κ3) is 2.33. The van der Waals surface area contributed by atoms with Gasteiger partial charge in [0.15, 0.2) is 11.5 Å². The second-order valence-electron chi connectivity index (χ2n) is 6.66. The summed E-state index contributed by atoms with van der Waals surface area (Å²) < 4.78 is 1.89. The number of pyridine rings is 1. The number of fused-ring (bicyclic) bond motifs is 1. The van der Waals surface area contributed by atoms with Gasteiger partial charge < -0.3 is 0 Å². The van der Waals surface area contributed by atoms with Crippen molar-refractivity contribution < 1.29 is 0 Å². The molecule has 0 fully saturated rings. The maximum atomic E-state index is 4.56. The second kappa shape index (κ2) is 3.56. The molecule has 0 aliphatic heterocycles. The van der Waals surface area contributed by atoms with Crippen molar-refractivity contribution in [2.24, 2.45) is 0 Å². The second-order valence-corrected chi connectivity index (χ2v) is 6.66. The Morgan fingerprint density at radius 3 is 2.12 bits per heavy atom. The van der Waals surface area contributed by atoms with Crippen LogP contribution >= 0.6 is 0 Å². The summed E-state index contributed by atoms with van der Waals surface area (Å²) in [7, 11) is 0. The standard InChI is InChI=1S/C14H21N3/c1-13(2,3)10-7-8-11-15-12(14(4,5)6)16-17(11)9-10/h7-9H,1-6H3. The third-order valence-corrected chi connectivity index (χ3v) is 2.87. The summed E-state index contributed by atoms with van der Waals surface area (Å²) >= 11 is 0. The van der Waals surface area contributed by atoms with E-state index in [-0.39, 0.29) is 10.8 Å². The van der Waals surface area contributed by atoms with Gasteiger partial charge in [0.25, 0.3) is 0 Å². The molecule has 0 spiro atoms. The molecule has 3 nitrogen and oxygen atoms in total. The molecule has 0 saturated heterocycles. The van der Waals surface area contributed by atoms with Crippen LogP contribution in [0.1, 0.15) is 52.9 Å². The zero-order valence-electron chi connectivity index (χ0n) is 11.6. The molecular formula is C14H21N3. The minimum Gasteiger partial charge on any atom is -0.221 e. The Morgan fingerprint density at radius 2 is 1.59 bits per heavy atom. The Morgan fingerprint density at radius 1 is 0.941 bits per heavy atom. The largest absolute Gasteiger partial charge is 0.221 e. The number of rotatable bonds is 0. The number of aromatic nitrogens is 3. The maximum absolute atomic E-state index is 4.56. The van der Waals surface area contributed by atoms with Gasteiger partial charge in [0.1, 0.15) is 0 Å². The van der Waals surface area contributed by atoms with E-state index >= 15 is 0 Å². The molecule has 0 saturated carbocycles. The molecule has 0 aromatic carbocycles. The highest BCUT2D eigenvalue weighted by Crippen LogP contribution is 2.23. The molecule has 2 heterocycles. The highest BCUT2D eigenvalue weighted by molar-refractivity contribution is 5.40. The van der Waals surface area contributed by atoms with Crippen LogP contribution in [0.4, 0.5) is 0 Å². The fraction of sp³-hybridized carbons (Fsp3) is 0.571. The van der Waals surface area contributed by atoms with Gasteiger partial charge in [0, 0.05) is 11.6 Å². The number of nitrogens with zero attached hydrogens (tertiary/aromatic N) is 3. The minimum atomic E-state index is -0.00604. The van der Waals surface area contributed by atoms with Crippen LogP contribution in [0.25, 0.3) is 5.65 Å². The van der Waals surface area contributed by atoms with Crippen LogP contribution in [0.15, 0.2) is 18.3 Å². The maximum Gasteiger partial charge on any atom is 0.157 e. The van der Waals surface area contributed by atoms with E-state index in [9.17, 15) is 0 Å². The van der Waals surface area contributed by atoms with Gasteiger partial charge in [-0.3, -0.25) is 0 Å². The SMILES string of the molecule is CC(C)(C)c1ccc2nc(C(C)(C)C)nn2c1. The molecule has 92 valence electrons. The summed E-state index contributed by atoms with van der Waals surface area (Å²) in [4.78, 5) is 4.56. The fourth-order valence-electron chi connectivity index (χ4n) is 1.64. The summed E-state index contributed by atoms with van der Waals surface area (Å²) in [6.07, 6.45) is 2.08. The normalized spacial score (nSPS) is 13.3. The van der Waals surface area contributed by atoms with Gasteiger partial charge in [-0.1, -0.05) is 47.6 Å². The summed E-state index contributed by atoms with van der Waals surface area (Å²) in [5, 5.41) is 4.56. The van der Waals surface area contributed by atoms with Gasteiger partial charge in [-0.15, -0.1) is 0 Å². The van der Waals surface area contributed by atoms with Crippen molar-refractivity contribution in [3.05, 3.63) is 29.7 Å². The van der Waals surface area contributed by atoms with Crippen LogP contribution in [0.2, 0.25) is 0 Å². The van der Waals surface area contributed by atoms with E-state index in [1.165, 1.54) is 5.56 Å². The highest BCUT2D eigenvalue weighted by Gasteiger charge is 2.20. The van der Waals surface area contributed by atoms with Crippen LogP contribution in [0, 0.1) is 0 Å². The van der Waals surface area contributed by atoms with Crippen LogP contribution in [-0.2, 0) is 10.8 Å². The molecule has 0 unspecified atom stereocenters. The summed E-state index contributed by atoms with van der Waals surface area (Å²) in [5.41, 5.74) is 2.33. The van der Waals surface area contributed by atoms with E-state index in [1.807, 2.05) is 10.6 Å². The quantitative estimate of drug-likeness (QED) is 0.696. The molecular weight excluding hydrogens is 210 g/mol. The van der Waals surface area contributed by atoms with E-state index in [0.29, 0.717) is 0 Å². The average molecular weight is 231 g/mol. The number of hydrogen-bond donors (Lipinski definition) is 0. The zero-order chi connectivity index (χ0) is 12.8. The fourth-order valence-corrected chi connectivity index (χ4v) is 1.64. The highest BCUT2D eigenvalue weighted by atomic mass is 15.3. The van der Waals surface area contributed by atoms with Crippen LogP contribution < -0.4 is 0 Å². The predicted molar refractivity (Wildman–Crippen MR) is 70.4 cm³/mol. The van der Waals surface area contributed by atoms with Gasteiger partial charge in [-0.2, -0.15) is 5.10 Å². The van der Waals surface area contributed by atoms with E-state index < -0.39 is 0 Å². The molecule has 0 radical (unpaired) electrons. The first-order valence-corrected chi connectivity index (χ1v) is 6.05. The molecule has 2 rings (SSSR count). The lowest BCUT2D eigenvalue weighted by Gasteiger charge is -2.18. The monoisotopic (exact) mass is 231 g/mol. The van der Waals surface area contributed by atoms with Crippen molar-refractivity contribution in [3.8, 4) is 0 Å². The lowest BCUT2D eigenvalue weighted by atomic mass is 9.88. The lowest BCUT2D eigenvalue weighted by molar-refractivity contribution is 0.544. The molecule has 3 heteroatoms. The van der Waals surface area contributed by atoms with E-state index in [2.05, 4.69) is 63.9 Å². The van der Waals surface area contributed by atoms with Gasteiger partial charge >= 0.3 is 0 Å². The average Bonchev–Trinajstić information content (AvgIpc) is 2.57. The molecule has 17 heavy (non-hydrogen) atoms. The topological polar surface area (TPSA) is 30.2 Å². The Balaban J connectivity index is 2.56. The molecule has 2 aromatic heterocycles. The Hall–Kier alpha value is -1.38. The van der Waals surface area contributed by atoms with Gasteiger partial charge in [-0.05, 0) is 17.0 Å². The summed E-state index contributed by atoms with van der Waals surface area (Å²) in [6.45, 7) is 13.0. The van der Waals surface area contributed by atoms with Gasteiger partial charge in [0.05, 0.1) is 0 Å². The van der Waals surface area contributed by atoms with E-state index in [1.54, 1.807) is 0 Å². The van der Waals surface area contributed by atoms with Crippen LogP contribution in [0.3, 0.4) is 0 Å². The summed E-state index contributed by atoms with van der Waals surface area (Å²) in [6, 6.07) is 4.18. The number of hydrogen-bond acceptors (Lipinski definition) is 2. The first-order valence-electron chi connectivity index (χ1n) is 6.05. The van der Waals surface area contributed by atoms with Crippen LogP contribution in [0.5, 0.6) is 0 Å². The Labute approximate surface area is 103 Å². The van der Waals surface area contributed by atoms with Crippen molar-refractivity contribution >= 4 is 5.65 Å². The summed E-state index contributed by atoms with van der Waals surface area (Å²) in [5.74, 6) is 0.892. The third-order valence-electron chi connectivity index (χ3n) is 2.87. The first-order chi connectivity index (χ1) is 7.68. The smallest absolute Gasteiger partial charge is 0.157 e. The molecule has 0 bridgehead atoms. The zero-order valence-corrected chi connectivity index (χ0v) is 11.6. The van der Waals surface area contributed by atoms with Crippen molar-refractivity contribution in [1.29, 1.82) is 0 Å². The predicted octanol–water partition coefficient (Wildman–Crippen LogP) is 3.32. The van der Waals surface area contributed by atoms with Crippen molar-refractivity contribution in [3.63, 3.8) is 0 Å². The van der Waals surface area contributed by atoms with Gasteiger partial charge in [-0.25, -0.2) is 9.50 Å². The van der Waals surface area contributed by atoms with Crippen LogP contribution in [-0.4, -0.2) is 14.6 Å². The molecule has 0 amide bonds. The minimum absolute atomic E-state index is 0.00604. The molecule has 0 atom stereocenters. The van der Waals surface area contributed by atoms with Crippen molar-refractivity contribution in [2.75, 3.05) is 0 Å². The Kier molecular flexibility index (Phi) is 2.53. The molecule has 0 aliphatic rings.